The van der Waals surface area contributed by atoms with Gasteiger partial charge in [-0.15, -0.1) is 0 Å². The highest BCUT2D eigenvalue weighted by atomic mass is 16.1. The third-order valence-electron chi connectivity index (χ3n) is 2.40. The van der Waals surface area contributed by atoms with Crippen molar-refractivity contribution in [3.8, 4) is 17.2 Å². The molecule has 4 heteroatoms. The summed E-state index contributed by atoms with van der Waals surface area (Å²) < 4.78 is 0. The number of anilines is 1. The molecule has 0 bridgehead atoms. The Bertz CT molecular complexity index is 587. The number of benzene rings is 1. The van der Waals surface area contributed by atoms with Gasteiger partial charge in [-0.25, -0.2) is 0 Å². The lowest BCUT2D eigenvalue weighted by atomic mass is 10.1. The summed E-state index contributed by atoms with van der Waals surface area (Å²) in [6, 6.07) is 13.1. The molecule has 0 aliphatic rings. The summed E-state index contributed by atoms with van der Waals surface area (Å²) in [7, 11) is 0. The van der Waals surface area contributed by atoms with Gasteiger partial charge in [0, 0.05) is 18.1 Å². The zero-order chi connectivity index (χ0) is 12.8. The Hall–Kier alpha value is -2.67. The Kier molecular flexibility index (Phi) is 3.67. The van der Waals surface area contributed by atoms with Crippen LogP contribution in [-0.4, -0.2) is 10.9 Å². The average molecular weight is 237 g/mol. The van der Waals surface area contributed by atoms with Gasteiger partial charge in [-0.1, -0.05) is 12.1 Å². The number of carbonyl (C=O) groups excluding carboxylic acids is 1. The molecule has 0 radical (unpaired) electrons. The highest BCUT2D eigenvalue weighted by Crippen LogP contribution is 2.21. The Labute approximate surface area is 105 Å². The lowest BCUT2D eigenvalue weighted by Gasteiger charge is -2.06. The molecule has 1 amide bonds. The van der Waals surface area contributed by atoms with Crippen molar-refractivity contribution in [2.45, 2.75) is 6.42 Å². The maximum absolute atomic E-state index is 11.3. The van der Waals surface area contributed by atoms with Crippen molar-refractivity contribution in [1.29, 1.82) is 5.26 Å². The Morgan fingerprint density at radius 1 is 1.22 bits per heavy atom. The molecule has 0 spiro atoms. The first-order valence-corrected chi connectivity index (χ1v) is 5.47. The maximum atomic E-state index is 11.3. The third-order valence-corrected chi connectivity index (χ3v) is 2.40. The molecule has 2 rings (SSSR count). The van der Waals surface area contributed by atoms with Crippen molar-refractivity contribution in [1.82, 2.24) is 4.98 Å². The van der Waals surface area contributed by atoms with E-state index >= 15 is 0 Å². The van der Waals surface area contributed by atoms with Crippen LogP contribution in [0.3, 0.4) is 0 Å². The van der Waals surface area contributed by atoms with E-state index < -0.39 is 0 Å². The number of nitrogens with one attached hydrogen (secondary N) is 1. The van der Waals surface area contributed by atoms with E-state index in [0.717, 1.165) is 11.1 Å². The SMILES string of the molecule is N#CCC(=O)Nc1cccc(-c2ccncc2)c1. The lowest BCUT2D eigenvalue weighted by molar-refractivity contribution is -0.115. The second-order valence-electron chi connectivity index (χ2n) is 3.70. The number of rotatable bonds is 3. The molecule has 0 atom stereocenters. The van der Waals surface area contributed by atoms with Crippen molar-refractivity contribution >= 4 is 11.6 Å². The Morgan fingerprint density at radius 3 is 2.72 bits per heavy atom. The van der Waals surface area contributed by atoms with Crippen LogP contribution in [0.5, 0.6) is 0 Å². The number of hydrogen-bond acceptors (Lipinski definition) is 3. The second-order valence-corrected chi connectivity index (χ2v) is 3.70. The fourth-order valence-electron chi connectivity index (χ4n) is 1.60. The molecule has 1 N–H and O–H groups in total. The summed E-state index contributed by atoms with van der Waals surface area (Å²) in [5, 5.41) is 11.1. The van der Waals surface area contributed by atoms with E-state index in [-0.39, 0.29) is 12.3 Å². The van der Waals surface area contributed by atoms with E-state index in [2.05, 4.69) is 10.3 Å². The van der Waals surface area contributed by atoms with Crippen molar-refractivity contribution in [3.05, 3.63) is 48.8 Å². The van der Waals surface area contributed by atoms with Gasteiger partial charge in [0.15, 0.2) is 0 Å². The quantitative estimate of drug-likeness (QED) is 0.892. The van der Waals surface area contributed by atoms with E-state index in [1.165, 1.54) is 0 Å². The summed E-state index contributed by atoms with van der Waals surface area (Å²) in [5.41, 5.74) is 2.71. The largest absolute Gasteiger partial charge is 0.325 e. The van der Waals surface area contributed by atoms with Crippen LogP contribution >= 0.6 is 0 Å². The molecule has 1 heterocycles. The molecule has 2 aromatic rings. The van der Waals surface area contributed by atoms with Gasteiger partial charge in [-0.3, -0.25) is 9.78 Å². The minimum absolute atomic E-state index is 0.139. The van der Waals surface area contributed by atoms with Crippen molar-refractivity contribution in [2.24, 2.45) is 0 Å². The van der Waals surface area contributed by atoms with Gasteiger partial charge in [0.25, 0.3) is 0 Å². The van der Waals surface area contributed by atoms with Gasteiger partial charge in [0.05, 0.1) is 6.07 Å². The summed E-state index contributed by atoms with van der Waals surface area (Å²) in [4.78, 5) is 15.3. The first kappa shape index (κ1) is 11.8. The average Bonchev–Trinajstić information content (AvgIpc) is 2.40. The molecule has 1 aromatic heterocycles. The molecular weight excluding hydrogens is 226 g/mol. The number of aromatic nitrogens is 1. The predicted octanol–water partition coefficient (Wildman–Crippen LogP) is 2.60. The van der Waals surface area contributed by atoms with E-state index in [9.17, 15) is 4.79 Å². The highest BCUT2D eigenvalue weighted by molar-refractivity contribution is 5.92. The van der Waals surface area contributed by atoms with Crippen LogP contribution in [0, 0.1) is 11.3 Å². The number of nitriles is 1. The molecular formula is C14H11N3O. The molecule has 0 fully saturated rings. The van der Waals surface area contributed by atoms with Crippen LogP contribution in [0.1, 0.15) is 6.42 Å². The fraction of sp³-hybridized carbons (Fsp3) is 0.0714. The minimum atomic E-state index is -0.302. The number of pyridine rings is 1. The monoisotopic (exact) mass is 237 g/mol. The second kappa shape index (κ2) is 5.60. The molecule has 88 valence electrons. The molecule has 4 nitrogen and oxygen atoms in total. The molecule has 18 heavy (non-hydrogen) atoms. The first-order valence-electron chi connectivity index (χ1n) is 5.47. The topological polar surface area (TPSA) is 65.8 Å². The summed E-state index contributed by atoms with van der Waals surface area (Å²) in [6.07, 6.45) is 3.30. The normalized spacial score (nSPS) is 9.50. The van der Waals surface area contributed by atoms with Crippen LogP contribution in [0.4, 0.5) is 5.69 Å². The molecule has 0 saturated heterocycles. The van der Waals surface area contributed by atoms with E-state index in [4.69, 9.17) is 5.26 Å². The van der Waals surface area contributed by atoms with E-state index in [1.54, 1.807) is 18.5 Å². The van der Waals surface area contributed by atoms with Gasteiger partial charge in [0.1, 0.15) is 6.42 Å². The van der Waals surface area contributed by atoms with E-state index in [0.29, 0.717) is 5.69 Å². The van der Waals surface area contributed by atoms with Crippen molar-refractivity contribution in [2.75, 3.05) is 5.32 Å². The van der Waals surface area contributed by atoms with Crippen LogP contribution < -0.4 is 5.32 Å². The fourth-order valence-corrected chi connectivity index (χ4v) is 1.60. The smallest absolute Gasteiger partial charge is 0.238 e. The molecule has 0 aliphatic heterocycles. The lowest BCUT2D eigenvalue weighted by Crippen LogP contribution is -2.09. The first-order chi connectivity index (χ1) is 8.79. The summed E-state index contributed by atoms with van der Waals surface area (Å²) in [5.74, 6) is -0.302. The predicted molar refractivity (Wildman–Crippen MR) is 68.5 cm³/mol. The van der Waals surface area contributed by atoms with Gasteiger partial charge in [-0.2, -0.15) is 5.26 Å². The standard InChI is InChI=1S/C14H11N3O/c15-7-4-14(18)17-13-3-1-2-12(10-13)11-5-8-16-9-6-11/h1-3,5-6,8-10H,4H2,(H,17,18). The maximum Gasteiger partial charge on any atom is 0.238 e. The van der Waals surface area contributed by atoms with Crippen LogP contribution in [0.15, 0.2) is 48.8 Å². The van der Waals surface area contributed by atoms with Gasteiger partial charge in [0.2, 0.25) is 5.91 Å². The molecule has 0 aliphatic carbocycles. The summed E-state index contributed by atoms with van der Waals surface area (Å²) in [6.45, 7) is 0. The summed E-state index contributed by atoms with van der Waals surface area (Å²) >= 11 is 0. The number of hydrogen-bond donors (Lipinski definition) is 1. The third kappa shape index (κ3) is 2.92. The number of nitrogens with zero attached hydrogens (tertiary/aromatic N) is 2. The van der Waals surface area contributed by atoms with Gasteiger partial charge >= 0.3 is 0 Å². The highest BCUT2D eigenvalue weighted by Gasteiger charge is 2.02. The minimum Gasteiger partial charge on any atom is -0.325 e. The van der Waals surface area contributed by atoms with E-state index in [1.807, 2.05) is 36.4 Å². The Morgan fingerprint density at radius 2 is 2.00 bits per heavy atom. The van der Waals surface area contributed by atoms with Gasteiger partial charge < -0.3 is 5.32 Å². The molecule has 0 saturated carbocycles. The number of amides is 1. The van der Waals surface area contributed by atoms with Crippen molar-refractivity contribution in [3.63, 3.8) is 0 Å². The number of carbonyl (C=O) groups is 1. The zero-order valence-electron chi connectivity index (χ0n) is 9.63. The van der Waals surface area contributed by atoms with Crippen LogP contribution in [0.25, 0.3) is 11.1 Å². The molecule has 1 aromatic carbocycles. The van der Waals surface area contributed by atoms with Crippen LogP contribution in [0.2, 0.25) is 0 Å². The van der Waals surface area contributed by atoms with Gasteiger partial charge in [-0.05, 0) is 35.4 Å². The van der Waals surface area contributed by atoms with Crippen molar-refractivity contribution < 1.29 is 4.79 Å². The molecule has 0 unspecified atom stereocenters. The zero-order valence-corrected chi connectivity index (χ0v) is 9.63. The van der Waals surface area contributed by atoms with Crippen LogP contribution in [-0.2, 0) is 4.79 Å². The Balaban J connectivity index is 2.21.